The third kappa shape index (κ3) is 82.0. The molecule has 0 bridgehead atoms. The third-order valence-electron chi connectivity index (χ3n) is 21.1. The van der Waals surface area contributed by atoms with E-state index in [2.05, 4.69) is 20.8 Å². The van der Waals surface area contributed by atoms with Gasteiger partial charge >= 0.3 is 0 Å². The van der Waals surface area contributed by atoms with E-state index >= 15 is 0 Å². The summed E-state index contributed by atoms with van der Waals surface area (Å²) in [6, 6.07) is 0. The van der Waals surface area contributed by atoms with Crippen molar-refractivity contribution >= 4 is 0 Å². The Balaban J connectivity index is 3.09. The zero-order valence-electron chi connectivity index (χ0n) is 61.6. The summed E-state index contributed by atoms with van der Waals surface area (Å²) in [5.41, 5.74) is 0. The van der Waals surface area contributed by atoms with Crippen LogP contribution in [-0.4, -0.2) is 0 Å². The lowest BCUT2D eigenvalue weighted by molar-refractivity contribution is 0.435. The molecular formula is C86H174. The standard InChI is InChI=1S/C86H174/c1-4-6-8-9-10-11-12-13-14-15-16-17-18-19-20-21-22-23-24-25-26-27-28-29-30-31-32-33-34-35-36-37-38-39-40-41-42-43-44-45-46-47-48-49-50-51-52-53-54-55-56-57-58-59-60-61-62-63-64-65-66-67-68-69-70-71-72-73-74-75-76-77-78-79-80-81-83-85-86(3)84-82-7-5-2/h86H,4-85H2,1-3H3. The fourth-order valence-corrected chi connectivity index (χ4v) is 14.7. The van der Waals surface area contributed by atoms with Gasteiger partial charge in [-0.2, -0.15) is 0 Å². The summed E-state index contributed by atoms with van der Waals surface area (Å²) in [4.78, 5) is 0. The maximum atomic E-state index is 2.48. The largest absolute Gasteiger partial charge is 0.0654 e. The average Bonchev–Trinajstić information content (AvgIpc) is 3.52. The lowest BCUT2D eigenvalue weighted by Crippen LogP contribution is -1.94. The van der Waals surface area contributed by atoms with E-state index in [1.165, 1.54) is 527 Å². The minimum Gasteiger partial charge on any atom is -0.0654 e. The fourth-order valence-electron chi connectivity index (χ4n) is 14.7. The van der Waals surface area contributed by atoms with Crippen LogP contribution < -0.4 is 0 Å². The molecule has 0 aromatic rings. The minimum absolute atomic E-state index is 0.965. The van der Waals surface area contributed by atoms with Gasteiger partial charge in [-0.3, -0.25) is 0 Å². The predicted molar refractivity (Wildman–Crippen MR) is 399 cm³/mol. The first-order valence-electron chi connectivity index (χ1n) is 42.8. The molecule has 0 radical (unpaired) electrons. The van der Waals surface area contributed by atoms with Crippen LogP contribution in [0, 0.1) is 5.92 Å². The van der Waals surface area contributed by atoms with Crippen molar-refractivity contribution in [3.63, 3.8) is 0 Å². The molecule has 0 fully saturated rings. The third-order valence-corrected chi connectivity index (χ3v) is 21.1. The normalized spacial score (nSPS) is 12.2. The van der Waals surface area contributed by atoms with Gasteiger partial charge in [0, 0.05) is 0 Å². The lowest BCUT2D eigenvalue weighted by atomic mass is 9.96. The molecule has 0 spiro atoms. The minimum atomic E-state index is 0.965. The quantitative estimate of drug-likeness (QED) is 0.0533. The maximum absolute atomic E-state index is 2.48. The van der Waals surface area contributed by atoms with E-state index in [0.29, 0.717) is 0 Å². The van der Waals surface area contributed by atoms with Crippen LogP contribution in [0.3, 0.4) is 0 Å². The SMILES string of the molecule is CCCCCCCCCCCCCCCCCCCCCCCCCCCCCCCCCCCCCCCCCCCCCCCCCCCCCCCCCCCCCCCCCCCCCCCCCCCCCCCC(C)CCCCC. The first kappa shape index (κ1) is 86.0. The first-order valence-corrected chi connectivity index (χ1v) is 42.8. The lowest BCUT2D eigenvalue weighted by Gasteiger charge is -2.10. The topological polar surface area (TPSA) is 0 Å². The molecule has 1 atom stereocenters. The Bertz CT molecular complexity index is 1090. The van der Waals surface area contributed by atoms with E-state index in [-0.39, 0.29) is 0 Å². The fraction of sp³-hybridized carbons (Fsp3) is 1.00. The summed E-state index contributed by atoms with van der Waals surface area (Å²) in [6.07, 6.45) is 122. The van der Waals surface area contributed by atoms with Crippen molar-refractivity contribution < 1.29 is 0 Å². The molecule has 0 nitrogen and oxygen atoms in total. The number of hydrogen-bond donors (Lipinski definition) is 0. The van der Waals surface area contributed by atoms with Crippen LogP contribution >= 0.6 is 0 Å². The number of hydrogen-bond acceptors (Lipinski definition) is 0. The van der Waals surface area contributed by atoms with Gasteiger partial charge in [-0.05, 0) is 5.92 Å². The second-order valence-corrected chi connectivity index (χ2v) is 30.3. The van der Waals surface area contributed by atoms with Gasteiger partial charge in [-0.1, -0.05) is 547 Å². The monoisotopic (exact) mass is 1210 g/mol. The van der Waals surface area contributed by atoms with E-state index in [1.54, 1.807) is 0 Å². The van der Waals surface area contributed by atoms with Crippen LogP contribution in [0.15, 0.2) is 0 Å². The average molecular weight is 1210 g/mol. The Kier molecular flexibility index (Phi) is 83.0. The molecule has 518 valence electrons. The summed E-state index contributed by atoms with van der Waals surface area (Å²) in [5.74, 6) is 0.965. The Morgan fingerprint density at radius 2 is 0.174 bits per heavy atom. The molecule has 0 aromatic carbocycles. The molecule has 0 rings (SSSR count). The molecule has 0 amide bonds. The van der Waals surface area contributed by atoms with Gasteiger partial charge in [0.2, 0.25) is 0 Å². The van der Waals surface area contributed by atoms with Crippen LogP contribution in [-0.2, 0) is 0 Å². The highest BCUT2D eigenvalue weighted by Crippen LogP contribution is 2.23. The summed E-state index contributed by atoms with van der Waals surface area (Å²) in [6.45, 7) is 7.12. The van der Waals surface area contributed by atoms with Crippen LogP contribution in [0.4, 0.5) is 0 Å². The molecule has 0 aliphatic carbocycles. The molecule has 1 unspecified atom stereocenters. The van der Waals surface area contributed by atoms with Gasteiger partial charge in [-0.25, -0.2) is 0 Å². The van der Waals surface area contributed by atoms with Gasteiger partial charge in [0.05, 0.1) is 0 Å². The van der Waals surface area contributed by atoms with Crippen molar-refractivity contribution in [3.8, 4) is 0 Å². The zero-order valence-corrected chi connectivity index (χ0v) is 61.6. The highest BCUT2D eigenvalue weighted by Gasteiger charge is 2.04. The van der Waals surface area contributed by atoms with Crippen LogP contribution in [0.25, 0.3) is 0 Å². The van der Waals surface area contributed by atoms with E-state index < -0.39 is 0 Å². The molecule has 0 heteroatoms. The Hall–Kier alpha value is 0. The van der Waals surface area contributed by atoms with Gasteiger partial charge in [-0.15, -0.1) is 0 Å². The Labute approximate surface area is 550 Å². The zero-order chi connectivity index (χ0) is 61.6. The highest BCUT2D eigenvalue weighted by atomic mass is 14.1. The van der Waals surface area contributed by atoms with Crippen LogP contribution in [0.2, 0.25) is 0 Å². The molecule has 86 heavy (non-hydrogen) atoms. The molecule has 0 N–H and O–H groups in total. The van der Waals surface area contributed by atoms with Gasteiger partial charge in [0.25, 0.3) is 0 Å². The van der Waals surface area contributed by atoms with E-state index in [0.717, 1.165) is 5.92 Å². The van der Waals surface area contributed by atoms with E-state index in [9.17, 15) is 0 Å². The van der Waals surface area contributed by atoms with E-state index in [4.69, 9.17) is 0 Å². The molecular weight excluding hydrogens is 1030 g/mol. The smallest absolute Gasteiger partial charge is 0.0443 e. The van der Waals surface area contributed by atoms with Crippen molar-refractivity contribution in [3.05, 3.63) is 0 Å². The predicted octanol–water partition coefficient (Wildman–Crippen LogP) is 33.7. The van der Waals surface area contributed by atoms with Crippen molar-refractivity contribution in [2.45, 2.75) is 547 Å². The molecule has 0 saturated carbocycles. The highest BCUT2D eigenvalue weighted by molar-refractivity contribution is 4.59. The van der Waals surface area contributed by atoms with Crippen LogP contribution in [0.1, 0.15) is 547 Å². The van der Waals surface area contributed by atoms with Gasteiger partial charge in [0.15, 0.2) is 0 Å². The Morgan fingerprint density at radius 3 is 0.279 bits per heavy atom. The van der Waals surface area contributed by atoms with Crippen molar-refractivity contribution in [2.24, 2.45) is 5.92 Å². The molecule has 0 heterocycles. The molecule has 0 aliphatic heterocycles. The maximum Gasteiger partial charge on any atom is -0.0443 e. The van der Waals surface area contributed by atoms with Gasteiger partial charge in [0.1, 0.15) is 0 Å². The molecule has 0 saturated heterocycles. The number of unbranched alkanes of at least 4 members (excludes halogenated alkanes) is 78. The molecule has 0 aromatic heterocycles. The van der Waals surface area contributed by atoms with Crippen LogP contribution in [0.5, 0.6) is 0 Å². The Morgan fingerprint density at radius 1 is 0.105 bits per heavy atom. The second-order valence-electron chi connectivity index (χ2n) is 30.3. The second kappa shape index (κ2) is 83.0. The molecule has 0 aliphatic rings. The van der Waals surface area contributed by atoms with Gasteiger partial charge < -0.3 is 0 Å². The van der Waals surface area contributed by atoms with Crippen molar-refractivity contribution in [1.29, 1.82) is 0 Å². The number of rotatable bonds is 82. The van der Waals surface area contributed by atoms with E-state index in [1.807, 2.05) is 0 Å². The van der Waals surface area contributed by atoms with Crippen molar-refractivity contribution in [2.75, 3.05) is 0 Å². The summed E-state index contributed by atoms with van der Waals surface area (Å²) in [7, 11) is 0. The summed E-state index contributed by atoms with van der Waals surface area (Å²) in [5, 5.41) is 0. The first-order chi connectivity index (χ1) is 42.8. The summed E-state index contributed by atoms with van der Waals surface area (Å²) >= 11 is 0. The van der Waals surface area contributed by atoms with Crippen molar-refractivity contribution in [1.82, 2.24) is 0 Å². The summed E-state index contributed by atoms with van der Waals surface area (Å²) < 4.78 is 0.